The van der Waals surface area contributed by atoms with E-state index in [4.69, 9.17) is 9.97 Å². The number of anilines is 2. The number of benzene rings is 1. The van der Waals surface area contributed by atoms with Crippen LogP contribution in [0, 0.1) is 6.92 Å². The van der Waals surface area contributed by atoms with Crippen LogP contribution in [0.15, 0.2) is 48.8 Å². The Balaban J connectivity index is 1.50. The lowest BCUT2D eigenvalue weighted by molar-refractivity contribution is 0.585. The number of hydrogen-bond donors (Lipinski definition) is 3. The van der Waals surface area contributed by atoms with Gasteiger partial charge in [-0.05, 0) is 31.2 Å². The first-order chi connectivity index (χ1) is 14.8. The number of H-pyrrole nitrogens is 1. The van der Waals surface area contributed by atoms with Crippen LogP contribution in [0.5, 0.6) is 0 Å². The Bertz CT molecular complexity index is 1150. The Hall–Kier alpha value is -3.52. The predicted molar refractivity (Wildman–Crippen MR) is 119 cm³/mol. The fourth-order valence-corrected chi connectivity index (χ4v) is 3.72. The summed E-state index contributed by atoms with van der Waals surface area (Å²) in [4.78, 5) is 16.4. The molecular weight excluding hydrogens is 376 g/mol. The van der Waals surface area contributed by atoms with Crippen LogP contribution >= 0.6 is 0 Å². The molecule has 0 radical (unpaired) electrons. The quantitative estimate of drug-likeness (QED) is 0.474. The molecule has 8 heteroatoms. The molecule has 8 nitrogen and oxygen atoms in total. The molecule has 4 aromatic rings. The van der Waals surface area contributed by atoms with Crippen LogP contribution < -0.4 is 15.5 Å². The van der Waals surface area contributed by atoms with E-state index in [0.717, 1.165) is 71.4 Å². The number of nitrogens with zero attached hydrogens (tertiary/aromatic N) is 5. The van der Waals surface area contributed by atoms with Gasteiger partial charge in [0.1, 0.15) is 0 Å². The highest BCUT2D eigenvalue weighted by Crippen LogP contribution is 2.28. The normalized spacial score (nSPS) is 14.2. The lowest BCUT2D eigenvalue weighted by Gasteiger charge is -2.30. The summed E-state index contributed by atoms with van der Waals surface area (Å²) in [6.45, 7) is 6.28. The molecule has 1 aliphatic heterocycles. The fourth-order valence-electron chi connectivity index (χ4n) is 3.72. The summed E-state index contributed by atoms with van der Waals surface area (Å²) in [7, 11) is 0. The molecule has 0 unspecified atom stereocenters. The SMILES string of the molecule is Cc1n[nH]c2ccc(-c3cnc(NCc4ccccn4)c(N4CCNCC4)n3)cc12. The van der Waals surface area contributed by atoms with Crippen molar-refractivity contribution in [1.29, 1.82) is 0 Å². The number of pyridine rings is 1. The van der Waals surface area contributed by atoms with Crippen molar-refractivity contribution in [2.24, 2.45) is 0 Å². The molecule has 3 aromatic heterocycles. The lowest BCUT2D eigenvalue weighted by Crippen LogP contribution is -2.44. The molecule has 0 amide bonds. The number of aromatic nitrogens is 5. The minimum absolute atomic E-state index is 0.605. The molecule has 1 saturated heterocycles. The molecule has 1 aliphatic rings. The van der Waals surface area contributed by atoms with Gasteiger partial charge < -0.3 is 15.5 Å². The van der Waals surface area contributed by atoms with Crippen molar-refractivity contribution in [3.8, 4) is 11.3 Å². The second-order valence-electron chi connectivity index (χ2n) is 7.41. The van der Waals surface area contributed by atoms with Gasteiger partial charge in [-0.1, -0.05) is 12.1 Å². The summed E-state index contributed by atoms with van der Waals surface area (Å²) in [6, 6.07) is 12.1. The fraction of sp³-hybridized carbons (Fsp3) is 0.273. The number of hydrogen-bond acceptors (Lipinski definition) is 7. The van der Waals surface area contributed by atoms with E-state index in [-0.39, 0.29) is 0 Å². The standard InChI is InChI=1S/C22H24N8/c1-15-18-12-16(5-6-19(18)29-28-15)20-14-26-21(25-13-17-4-2-3-7-24-17)22(27-20)30-10-8-23-9-11-30/h2-7,12,14,23H,8-11,13H2,1H3,(H,25,26)(H,28,29). The monoisotopic (exact) mass is 400 g/mol. The van der Waals surface area contributed by atoms with E-state index in [1.807, 2.05) is 37.4 Å². The maximum Gasteiger partial charge on any atom is 0.172 e. The molecule has 1 aromatic carbocycles. The molecule has 4 heterocycles. The molecule has 0 bridgehead atoms. The van der Waals surface area contributed by atoms with E-state index < -0.39 is 0 Å². The Morgan fingerprint density at radius 3 is 2.83 bits per heavy atom. The van der Waals surface area contributed by atoms with E-state index in [0.29, 0.717) is 6.54 Å². The average molecular weight is 400 g/mol. The Morgan fingerprint density at radius 2 is 2.00 bits per heavy atom. The number of aromatic amines is 1. The van der Waals surface area contributed by atoms with Gasteiger partial charge in [-0.25, -0.2) is 9.97 Å². The van der Waals surface area contributed by atoms with Crippen LogP contribution in [0.2, 0.25) is 0 Å². The van der Waals surface area contributed by atoms with Crippen LogP contribution in [0.3, 0.4) is 0 Å². The molecule has 1 fully saturated rings. The van der Waals surface area contributed by atoms with Gasteiger partial charge in [0, 0.05) is 43.3 Å². The van der Waals surface area contributed by atoms with Gasteiger partial charge in [-0.2, -0.15) is 5.10 Å². The van der Waals surface area contributed by atoms with E-state index in [1.54, 1.807) is 6.20 Å². The highest BCUT2D eigenvalue weighted by Gasteiger charge is 2.18. The van der Waals surface area contributed by atoms with Gasteiger partial charge in [0.15, 0.2) is 11.6 Å². The average Bonchev–Trinajstić information content (AvgIpc) is 3.19. The van der Waals surface area contributed by atoms with Crippen LogP contribution in [0.25, 0.3) is 22.2 Å². The van der Waals surface area contributed by atoms with Crippen LogP contribution in [-0.2, 0) is 6.54 Å². The van der Waals surface area contributed by atoms with Gasteiger partial charge in [0.2, 0.25) is 0 Å². The van der Waals surface area contributed by atoms with E-state index in [2.05, 4.69) is 42.8 Å². The third-order valence-electron chi connectivity index (χ3n) is 5.38. The molecule has 3 N–H and O–H groups in total. The number of piperazine rings is 1. The predicted octanol–water partition coefficient (Wildman–Crippen LogP) is 2.75. The number of aryl methyl sites for hydroxylation is 1. The summed E-state index contributed by atoms with van der Waals surface area (Å²) >= 11 is 0. The van der Waals surface area contributed by atoms with Crippen molar-refractivity contribution < 1.29 is 0 Å². The van der Waals surface area contributed by atoms with Crippen molar-refractivity contribution in [2.75, 3.05) is 36.4 Å². The zero-order chi connectivity index (χ0) is 20.3. The second kappa shape index (κ2) is 8.08. The Kier molecular flexibility index (Phi) is 4.98. The van der Waals surface area contributed by atoms with E-state index >= 15 is 0 Å². The number of nitrogens with one attached hydrogen (secondary N) is 3. The van der Waals surface area contributed by atoms with Crippen molar-refractivity contribution in [2.45, 2.75) is 13.5 Å². The van der Waals surface area contributed by atoms with Crippen LogP contribution in [0.4, 0.5) is 11.6 Å². The molecular formula is C22H24N8. The molecule has 0 aliphatic carbocycles. The Labute approximate surface area is 174 Å². The maximum absolute atomic E-state index is 5.02. The van der Waals surface area contributed by atoms with Crippen molar-refractivity contribution in [3.63, 3.8) is 0 Å². The van der Waals surface area contributed by atoms with Crippen LogP contribution in [-0.4, -0.2) is 51.3 Å². The van der Waals surface area contributed by atoms with E-state index in [9.17, 15) is 0 Å². The third-order valence-corrected chi connectivity index (χ3v) is 5.38. The summed E-state index contributed by atoms with van der Waals surface area (Å²) in [5.41, 5.74) is 4.87. The highest BCUT2D eigenvalue weighted by atomic mass is 15.3. The first kappa shape index (κ1) is 18.5. The molecule has 0 saturated carbocycles. The Morgan fingerprint density at radius 1 is 1.10 bits per heavy atom. The molecule has 0 atom stereocenters. The van der Waals surface area contributed by atoms with Crippen molar-refractivity contribution in [1.82, 2.24) is 30.5 Å². The summed E-state index contributed by atoms with van der Waals surface area (Å²) < 4.78 is 0. The van der Waals surface area contributed by atoms with Gasteiger partial charge in [0.05, 0.1) is 35.3 Å². The maximum atomic E-state index is 5.02. The zero-order valence-corrected chi connectivity index (χ0v) is 16.9. The molecule has 30 heavy (non-hydrogen) atoms. The first-order valence-electron chi connectivity index (χ1n) is 10.2. The third kappa shape index (κ3) is 3.69. The van der Waals surface area contributed by atoms with Gasteiger partial charge in [-0.3, -0.25) is 10.1 Å². The molecule has 152 valence electrons. The molecule has 0 spiro atoms. The van der Waals surface area contributed by atoms with Crippen molar-refractivity contribution >= 4 is 22.5 Å². The summed E-state index contributed by atoms with van der Waals surface area (Å²) in [5.74, 6) is 1.67. The minimum atomic E-state index is 0.605. The highest BCUT2D eigenvalue weighted by molar-refractivity contribution is 5.86. The largest absolute Gasteiger partial charge is 0.361 e. The smallest absolute Gasteiger partial charge is 0.172 e. The number of rotatable bonds is 5. The second-order valence-corrected chi connectivity index (χ2v) is 7.41. The number of fused-ring (bicyclic) bond motifs is 1. The van der Waals surface area contributed by atoms with Gasteiger partial charge >= 0.3 is 0 Å². The van der Waals surface area contributed by atoms with Crippen LogP contribution in [0.1, 0.15) is 11.4 Å². The van der Waals surface area contributed by atoms with Gasteiger partial charge in [-0.15, -0.1) is 0 Å². The van der Waals surface area contributed by atoms with E-state index in [1.165, 1.54) is 0 Å². The minimum Gasteiger partial charge on any atom is -0.361 e. The van der Waals surface area contributed by atoms with Gasteiger partial charge in [0.25, 0.3) is 0 Å². The van der Waals surface area contributed by atoms with Crippen molar-refractivity contribution in [3.05, 3.63) is 60.2 Å². The lowest BCUT2D eigenvalue weighted by atomic mass is 10.1. The zero-order valence-electron chi connectivity index (χ0n) is 16.9. The first-order valence-corrected chi connectivity index (χ1v) is 10.2. The molecule has 5 rings (SSSR count). The summed E-state index contributed by atoms with van der Waals surface area (Å²) in [5, 5.41) is 15.3. The summed E-state index contributed by atoms with van der Waals surface area (Å²) in [6.07, 6.45) is 3.64. The topological polar surface area (TPSA) is 94.7 Å².